The number of thiophene rings is 1. The first-order valence-electron chi connectivity index (χ1n) is 19.7. The monoisotopic (exact) mass is 773 g/mol. The Balaban J connectivity index is 1.15. The van der Waals surface area contributed by atoms with E-state index in [0.29, 0.717) is 17.5 Å². The zero-order chi connectivity index (χ0) is 39.5. The van der Waals surface area contributed by atoms with Gasteiger partial charge in [-0.1, -0.05) is 164 Å². The largest absolute Gasteiger partial charge is 0.455 e. The van der Waals surface area contributed by atoms with E-state index in [2.05, 4.69) is 165 Å². The highest BCUT2D eigenvalue weighted by atomic mass is 32.1. The van der Waals surface area contributed by atoms with Gasteiger partial charge in [0, 0.05) is 42.1 Å². The molecule has 278 valence electrons. The van der Waals surface area contributed by atoms with Crippen LogP contribution in [0.2, 0.25) is 0 Å². The van der Waals surface area contributed by atoms with Crippen LogP contribution in [0.1, 0.15) is 12.5 Å². The van der Waals surface area contributed by atoms with Crippen molar-refractivity contribution in [1.82, 2.24) is 15.0 Å². The number of hydrogen-bond acceptors (Lipinski definition) is 5. The van der Waals surface area contributed by atoms with E-state index in [1.165, 1.54) is 30.9 Å². The molecule has 5 heteroatoms. The van der Waals surface area contributed by atoms with Gasteiger partial charge in [0.05, 0.1) is 5.56 Å². The second-order valence-corrected chi connectivity index (χ2v) is 15.9. The molecular formula is C54H35N3OS. The lowest BCUT2D eigenvalue weighted by Gasteiger charge is -2.12. The maximum atomic E-state index is 6.75. The van der Waals surface area contributed by atoms with E-state index in [-0.39, 0.29) is 0 Å². The molecule has 0 N–H and O–H groups in total. The van der Waals surface area contributed by atoms with Crippen LogP contribution in [0.25, 0.3) is 115 Å². The first kappa shape index (κ1) is 34.8. The number of allylic oxidation sites excluding steroid dienone is 5. The molecule has 11 rings (SSSR count). The van der Waals surface area contributed by atoms with Gasteiger partial charge < -0.3 is 4.42 Å². The topological polar surface area (TPSA) is 51.8 Å². The summed E-state index contributed by atoms with van der Waals surface area (Å²) in [5.41, 5.74) is 8.76. The van der Waals surface area contributed by atoms with E-state index in [1.807, 2.05) is 35.6 Å². The van der Waals surface area contributed by atoms with E-state index in [4.69, 9.17) is 19.4 Å². The van der Waals surface area contributed by atoms with E-state index in [9.17, 15) is 0 Å². The van der Waals surface area contributed by atoms with Crippen molar-refractivity contribution in [3.8, 4) is 45.3 Å². The molecule has 3 heterocycles. The number of rotatable bonds is 7. The summed E-state index contributed by atoms with van der Waals surface area (Å²) in [4.78, 5) is 15.9. The van der Waals surface area contributed by atoms with Gasteiger partial charge in [-0.15, -0.1) is 11.3 Å². The number of nitrogens with zero attached hydrogens (tertiary/aromatic N) is 3. The lowest BCUT2D eigenvalue weighted by atomic mass is 9.98. The van der Waals surface area contributed by atoms with Crippen molar-refractivity contribution in [1.29, 1.82) is 0 Å². The Morgan fingerprint density at radius 2 is 1.24 bits per heavy atom. The molecule has 4 nitrogen and oxygen atoms in total. The lowest BCUT2D eigenvalue weighted by Crippen LogP contribution is -2.01. The summed E-state index contributed by atoms with van der Waals surface area (Å²) < 4.78 is 9.23. The Bertz CT molecular complexity index is 3540. The van der Waals surface area contributed by atoms with Crippen LogP contribution in [-0.2, 0) is 0 Å². The standard InChI is InChI=1S/C54H35N3OS/c1-3-4-6-14-33(2)37-26-25-36-18-11-21-43(46(36)31-37)53-55-52(38-28-29-41-42-30-27-35-17-9-10-19-40(35)51(42)59-48(41)32-38)56-54(57-53)45-23-12-22-44-49-39(34-15-7-5-8-16-34)20-13-24-47(49)58-50(44)45/h3-32H,1H2,2H3/b6-4-,33-14+. The van der Waals surface area contributed by atoms with Crippen molar-refractivity contribution >= 4 is 80.6 Å². The molecule has 0 saturated carbocycles. The fraction of sp³-hybridized carbons (Fsp3) is 0.0185. The summed E-state index contributed by atoms with van der Waals surface area (Å²) in [6.07, 6.45) is 7.84. The lowest BCUT2D eigenvalue weighted by molar-refractivity contribution is 0.669. The van der Waals surface area contributed by atoms with Gasteiger partial charge in [0.1, 0.15) is 11.2 Å². The predicted octanol–water partition coefficient (Wildman–Crippen LogP) is 15.3. The van der Waals surface area contributed by atoms with Crippen molar-refractivity contribution in [2.45, 2.75) is 6.92 Å². The van der Waals surface area contributed by atoms with Crippen molar-refractivity contribution in [3.63, 3.8) is 0 Å². The minimum atomic E-state index is 0.553. The molecule has 8 aromatic carbocycles. The number of furan rings is 1. The minimum absolute atomic E-state index is 0.553. The SMILES string of the molecule is C=C/C=C\C=C(/C)c1ccc2cccc(-c3nc(-c4ccc5c(c4)sc4c6ccccc6ccc54)nc(-c4cccc5c4oc4cccc(-c6ccccc6)c45)n3)c2c1. The molecule has 0 unspecified atom stereocenters. The van der Waals surface area contributed by atoms with Crippen LogP contribution in [0.4, 0.5) is 0 Å². The third kappa shape index (κ3) is 5.94. The summed E-state index contributed by atoms with van der Waals surface area (Å²) in [5, 5.41) is 9.25. The average molecular weight is 774 g/mol. The molecular weight excluding hydrogens is 739 g/mol. The first-order valence-corrected chi connectivity index (χ1v) is 20.5. The second kappa shape index (κ2) is 14.2. The van der Waals surface area contributed by atoms with Crippen LogP contribution in [-0.4, -0.2) is 15.0 Å². The van der Waals surface area contributed by atoms with Gasteiger partial charge in [0.15, 0.2) is 17.5 Å². The molecule has 11 aromatic rings. The quantitative estimate of drug-likeness (QED) is 0.151. The van der Waals surface area contributed by atoms with Crippen molar-refractivity contribution < 1.29 is 4.42 Å². The minimum Gasteiger partial charge on any atom is -0.455 e. The predicted molar refractivity (Wildman–Crippen MR) is 250 cm³/mol. The maximum absolute atomic E-state index is 6.75. The molecule has 0 saturated heterocycles. The van der Waals surface area contributed by atoms with Crippen LogP contribution >= 0.6 is 11.3 Å². The molecule has 0 fully saturated rings. The van der Waals surface area contributed by atoms with Crippen molar-refractivity contribution in [2.75, 3.05) is 0 Å². The smallest absolute Gasteiger partial charge is 0.167 e. The molecule has 3 aromatic heterocycles. The maximum Gasteiger partial charge on any atom is 0.167 e. The third-order valence-corrected chi connectivity index (χ3v) is 12.5. The van der Waals surface area contributed by atoms with Gasteiger partial charge in [0.25, 0.3) is 0 Å². The number of benzene rings is 8. The normalized spacial score (nSPS) is 12.3. The van der Waals surface area contributed by atoms with Gasteiger partial charge in [-0.2, -0.15) is 0 Å². The zero-order valence-electron chi connectivity index (χ0n) is 32.2. The highest BCUT2D eigenvalue weighted by Gasteiger charge is 2.21. The molecule has 0 aliphatic carbocycles. The van der Waals surface area contributed by atoms with Gasteiger partial charge in [-0.05, 0) is 75.0 Å². The Morgan fingerprint density at radius 3 is 2.14 bits per heavy atom. The second-order valence-electron chi connectivity index (χ2n) is 14.8. The molecule has 0 spiro atoms. The molecule has 0 amide bonds. The molecule has 0 atom stereocenters. The van der Waals surface area contributed by atoms with Crippen molar-refractivity contribution in [2.24, 2.45) is 0 Å². The number of fused-ring (bicyclic) bond motifs is 9. The molecule has 0 aliphatic rings. The van der Waals surface area contributed by atoms with Gasteiger partial charge in [0.2, 0.25) is 0 Å². The third-order valence-electron chi connectivity index (χ3n) is 11.3. The highest BCUT2D eigenvalue weighted by molar-refractivity contribution is 7.26. The van der Waals surface area contributed by atoms with Crippen LogP contribution in [0.3, 0.4) is 0 Å². The molecule has 0 radical (unpaired) electrons. The van der Waals surface area contributed by atoms with Crippen LogP contribution in [0.15, 0.2) is 193 Å². The van der Waals surface area contributed by atoms with Crippen LogP contribution < -0.4 is 0 Å². The Hall–Kier alpha value is -7.47. The summed E-state index contributed by atoms with van der Waals surface area (Å²) >= 11 is 1.82. The summed E-state index contributed by atoms with van der Waals surface area (Å²) in [6.45, 7) is 5.94. The van der Waals surface area contributed by atoms with E-state index < -0.39 is 0 Å². The Morgan fingerprint density at radius 1 is 0.542 bits per heavy atom. The van der Waals surface area contributed by atoms with Crippen LogP contribution in [0.5, 0.6) is 0 Å². The summed E-state index contributed by atoms with van der Waals surface area (Å²) in [6, 6.07) is 55.5. The number of para-hydroxylation sites is 1. The van der Waals surface area contributed by atoms with Gasteiger partial charge >= 0.3 is 0 Å². The fourth-order valence-corrected chi connectivity index (χ4v) is 9.64. The van der Waals surface area contributed by atoms with Crippen LogP contribution in [0, 0.1) is 0 Å². The Labute approximate surface area is 344 Å². The summed E-state index contributed by atoms with van der Waals surface area (Å²) in [5.74, 6) is 1.75. The first-order chi connectivity index (χ1) is 29.1. The van der Waals surface area contributed by atoms with E-state index in [0.717, 1.165) is 71.7 Å². The number of hydrogen-bond donors (Lipinski definition) is 0. The molecule has 0 bridgehead atoms. The number of aromatic nitrogens is 3. The summed E-state index contributed by atoms with van der Waals surface area (Å²) in [7, 11) is 0. The average Bonchev–Trinajstić information content (AvgIpc) is 3.87. The zero-order valence-corrected chi connectivity index (χ0v) is 33.0. The van der Waals surface area contributed by atoms with Crippen molar-refractivity contribution in [3.05, 3.63) is 194 Å². The van der Waals surface area contributed by atoms with Gasteiger partial charge in [-0.25, -0.2) is 15.0 Å². The highest BCUT2D eigenvalue weighted by Crippen LogP contribution is 2.42. The molecule has 0 aliphatic heterocycles. The van der Waals surface area contributed by atoms with E-state index in [1.54, 1.807) is 6.08 Å². The van der Waals surface area contributed by atoms with Gasteiger partial charge in [-0.3, -0.25) is 0 Å². The van der Waals surface area contributed by atoms with E-state index >= 15 is 0 Å². The molecule has 59 heavy (non-hydrogen) atoms. The fourth-order valence-electron chi connectivity index (χ4n) is 8.36. The Kier molecular flexibility index (Phi) is 8.35.